The largest absolute Gasteiger partial charge is 0.292 e. The van der Waals surface area contributed by atoms with Gasteiger partial charge in [0, 0.05) is 5.39 Å². The Kier molecular flexibility index (Phi) is 5.30. The quantitative estimate of drug-likeness (QED) is 0.553. The highest BCUT2D eigenvalue weighted by atomic mass is 19.1. The van der Waals surface area contributed by atoms with E-state index >= 15 is 0 Å². The fourth-order valence-corrected chi connectivity index (χ4v) is 2.81. The lowest BCUT2D eigenvalue weighted by atomic mass is 10.1. The zero-order chi connectivity index (χ0) is 20.4. The second-order valence-electron chi connectivity index (χ2n) is 6.47. The predicted molar refractivity (Wildman–Crippen MR) is 102 cm³/mol. The topological polar surface area (TPSA) is 76.3 Å². The minimum atomic E-state index is -0.785. The third-order valence-corrected chi connectivity index (χ3v) is 4.18. The summed E-state index contributed by atoms with van der Waals surface area (Å²) in [4.78, 5) is 25.2. The Bertz CT molecular complexity index is 1130. The fraction of sp³-hybridized carbons (Fsp3) is 0.200. The van der Waals surface area contributed by atoms with E-state index in [1.165, 1.54) is 17.7 Å². The van der Waals surface area contributed by atoms with Crippen molar-refractivity contribution in [3.63, 3.8) is 0 Å². The third-order valence-electron chi connectivity index (χ3n) is 4.18. The number of nitrogens with zero attached hydrogens (tertiary/aromatic N) is 3. The van der Waals surface area contributed by atoms with E-state index in [0.717, 1.165) is 12.1 Å². The number of hydrogen-bond acceptors (Lipinski definition) is 4. The summed E-state index contributed by atoms with van der Waals surface area (Å²) in [6.07, 6.45) is 0. The lowest BCUT2D eigenvalue weighted by Crippen LogP contribution is -2.30. The molecule has 1 aromatic heterocycles. The highest BCUT2D eigenvalue weighted by Crippen LogP contribution is 2.16. The van der Waals surface area contributed by atoms with Gasteiger partial charge in [-0.2, -0.15) is 10.2 Å². The molecule has 0 saturated carbocycles. The lowest BCUT2D eigenvalue weighted by Gasteiger charge is -2.12. The number of hydrogen-bond donors (Lipinski definition) is 1. The minimum absolute atomic E-state index is 0.00513. The average Bonchev–Trinajstić information content (AvgIpc) is 2.66. The van der Waals surface area contributed by atoms with Crippen LogP contribution in [0.1, 0.15) is 42.9 Å². The molecule has 0 aliphatic carbocycles. The Morgan fingerprint density at radius 2 is 1.68 bits per heavy atom. The summed E-state index contributed by atoms with van der Waals surface area (Å²) < 4.78 is 28.9. The van der Waals surface area contributed by atoms with Gasteiger partial charge in [-0.15, -0.1) is 0 Å². The number of carbonyl (C=O) groups is 1. The molecule has 2 aromatic carbocycles. The first kappa shape index (κ1) is 19.3. The number of benzene rings is 2. The zero-order valence-electron chi connectivity index (χ0n) is 15.5. The monoisotopic (exact) mass is 384 g/mol. The van der Waals surface area contributed by atoms with E-state index < -0.39 is 17.5 Å². The molecule has 144 valence electrons. The van der Waals surface area contributed by atoms with Gasteiger partial charge in [0.1, 0.15) is 11.6 Å². The van der Waals surface area contributed by atoms with Crippen LogP contribution in [0, 0.1) is 11.6 Å². The summed E-state index contributed by atoms with van der Waals surface area (Å²) in [7, 11) is 0. The molecule has 0 atom stereocenters. The molecule has 0 saturated heterocycles. The molecule has 3 rings (SSSR count). The highest BCUT2D eigenvalue weighted by molar-refractivity contribution is 6.06. The van der Waals surface area contributed by atoms with E-state index in [-0.39, 0.29) is 28.6 Å². The number of rotatable bonds is 4. The first-order valence-electron chi connectivity index (χ1n) is 8.61. The van der Waals surface area contributed by atoms with Crippen LogP contribution in [-0.2, 0) is 0 Å². The predicted octanol–water partition coefficient (Wildman–Crippen LogP) is 3.41. The molecule has 1 amide bonds. The molecule has 28 heavy (non-hydrogen) atoms. The number of nitrogens with one attached hydrogen (secondary N) is 1. The first-order valence-corrected chi connectivity index (χ1v) is 8.61. The Morgan fingerprint density at radius 3 is 2.29 bits per heavy atom. The molecular formula is C20H18F2N4O2. The van der Waals surface area contributed by atoms with Crippen LogP contribution in [0.15, 0.2) is 52.4 Å². The van der Waals surface area contributed by atoms with Gasteiger partial charge in [-0.05, 0) is 39.0 Å². The zero-order valence-corrected chi connectivity index (χ0v) is 15.5. The van der Waals surface area contributed by atoms with Gasteiger partial charge in [0.15, 0.2) is 5.69 Å². The van der Waals surface area contributed by atoms with E-state index in [0.29, 0.717) is 10.8 Å². The Balaban J connectivity index is 2.03. The SMILES string of the molecule is C/C(=N/NC(=O)c1nn(C(C)C)c(=O)c2ccccc12)c1c(F)cccc1F. The summed E-state index contributed by atoms with van der Waals surface area (Å²) in [5, 5.41) is 8.68. The number of hydrazone groups is 1. The van der Waals surface area contributed by atoms with E-state index in [9.17, 15) is 18.4 Å². The van der Waals surface area contributed by atoms with E-state index in [1.807, 2.05) is 0 Å². The molecule has 0 radical (unpaired) electrons. The fourth-order valence-electron chi connectivity index (χ4n) is 2.81. The number of carbonyl (C=O) groups excluding carboxylic acids is 1. The summed E-state index contributed by atoms with van der Waals surface area (Å²) in [6, 6.07) is 9.78. The van der Waals surface area contributed by atoms with Gasteiger partial charge in [-0.1, -0.05) is 24.3 Å². The Morgan fingerprint density at radius 1 is 1.07 bits per heavy atom. The number of amides is 1. The number of fused-ring (bicyclic) bond motifs is 1. The number of halogens is 2. The standard InChI is InChI=1S/C20H18F2N4O2/c1-11(2)26-20(28)14-8-5-4-7-13(14)18(25-26)19(27)24-23-12(3)17-15(21)9-6-10-16(17)22/h4-11H,1-3H3,(H,24,27)/b23-12-. The van der Waals surface area contributed by atoms with Crippen molar-refractivity contribution in [3.05, 3.63) is 75.7 Å². The van der Waals surface area contributed by atoms with Crippen LogP contribution in [0.2, 0.25) is 0 Å². The van der Waals surface area contributed by atoms with Crippen LogP contribution < -0.4 is 11.0 Å². The van der Waals surface area contributed by atoms with Crippen molar-refractivity contribution >= 4 is 22.4 Å². The van der Waals surface area contributed by atoms with E-state index in [1.54, 1.807) is 38.1 Å². The maximum Gasteiger partial charge on any atom is 0.292 e. The summed E-state index contributed by atoms with van der Waals surface area (Å²) in [5.74, 6) is -2.26. The third kappa shape index (κ3) is 3.53. The number of aromatic nitrogens is 2. The Hall–Kier alpha value is -3.42. The lowest BCUT2D eigenvalue weighted by molar-refractivity contribution is 0.0949. The minimum Gasteiger partial charge on any atom is -0.267 e. The molecule has 0 unspecified atom stereocenters. The summed E-state index contributed by atoms with van der Waals surface area (Å²) in [5.41, 5.74) is 1.59. The molecular weight excluding hydrogens is 366 g/mol. The van der Waals surface area contributed by atoms with Gasteiger partial charge >= 0.3 is 0 Å². The van der Waals surface area contributed by atoms with Gasteiger partial charge in [-0.25, -0.2) is 18.9 Å². The maximum atomic E-state index is 13.9. The molecule has 1 heterocycles. The summed E-state index contributed by atoms with van der Waals surface area (Å²) >= 11 is 0. The summed E-state index contributed by atoms with van der Waals surface area (Å²) in [6.45, 7) is 4.92. The first-order chi connectivity index (χ1) is 13.3. The van der Waals surface area contributed by atoms with Crippen LogP contribution in [0.25, 0.3) is 10.8 Å². The Labute approximate surface area is 159 Å². The molecule has 0 aliphatic rings. The van der Waals surface area contributed by atoms with E-state index in [2.05, 4.69) is 15.6 Å². The van der Waals surface area contributed by atoms with Gasteiger partial charge in [0.25, 0.3) is 11.5 Å². The molecule has 8 heteroatoms. The van der Waals surface area contributed by atoms with E-state index in [4.69, 9.17) is 0 Å². The molecule has 6 nitrogen and oxygen atoms in total. The molecule has 0 fully saturated rings. The highest BCUT2D eigenvalue weighted by Gasteiger charge is 2.18. The van der Waals surface area contributed by atoms with Crippen LogP contribution >= 0.6 is 0 Å². The van der Waals surface area contributed by atoms with Gasteiger partial charge in [-0.3, -0.25) is 9.59 Å². The van der Waals surface area contributed by atoms with Crippen LogP contribution in [0.4, 0.5) is 8.78 Å². The van der Waals surface area contributed by atoms with Crippen molar-refractivity contribution < 1.29 is 13.6 Å². The second kappa shape index (κ2) is 7.67. The second-order valence-corrected chi connectivity index (χ2v) is 6.47. The molecule has 3 aromatic rings. The molecule has 1 N–H and O–H groups in total. The molecule has 0 bridgehead atoms. The average molecular weight is 384 g/mol. The van der Waals surface area contributed by atoms with Crippen molar-refractivity contribution in [2.45, 2.75) is 26.8 Å². The van der Waals surface area contributed by atoms with Crippen molar-refractivity contribution in [1.82, 2.24) is 15.2 Å². The maximum absolute atomic E-state index is 13.9. The van der Waals surface area contributed by atoms with Crippen molar-refractivity contribution in [2.75, 3.05) is 0 Å². The van der Waals surface area contributed by atoms with Gasteiger partial charge in [0.2, 0.25) is 0 Å². The van der Waals surface area contributed by atoms with Crippen molar-refractivity contribution in [3.8, 4) is 0 Å². The van der Waals surface area contributed by atoms with Crippen molar-refractivity contribution in [1.29, 1.82) is 0 Å². The van der Waals surface area contributed by atoms with Gasteiger partial charge < -0.3 is 0 Å². The van der Waals surface area contributed by atoms with Crippen LogP contribution in [-0.4, -0.2) is 21.4 Å². The smallest absolute Gasteiger partial charge is 0.267 e. The van der Waals surface area contributed by atoms with Gasteiger partial charge in [0.05, 0.1) is 22.7 Å². The molecule has 0 aliphatic heterocycles. The van der Waals surface area contributed by atoms with Crippen molar-refractivity contribution in [2.24, 2.45) is 5.10 Å². The normalized spacial score (nSPS) is 11.9. The van der Waals surface area contributed by atoms with Crippen LogP contribution in [0.5, 0.6) is 0 Å². The van der Waals surface area contributed by atoms with Crippen LogP contribution in [0.3, 0.4) is 0 Å². The molecule has 0 spiro atoms.